The normalized spacial score (nSPS) is 29.1. The third-order valence-corrected chi connectivity index (χ3v) is 3.72. The third-order valence-electron chi connectivity index (χ3n) is 3.72. The van der Waals surface area contributed by atoms with Gasteiger partial charge >= 0.3 is 0 Å². The number of rotatable bonds is 4. The minimum atomic E-state index is -0.815. The molecule has 1 aliphatic heterocycles. The Labute approximate surface area is 108 Å². The number of carbonyl (C=O) groups is 2. The lowest BCUT2D eigenvalue weighted by Crippen LogP contribution is -2.70. The molecule has 0 aromatic heterocycles. The third kappa shape index (κ3) is 2.23. The van der Waals surface area contributed by atoms with Gasteiger partial charge in [-0.3, -0.25) is 9.59 Å². The summed E-state index contributed by atoms with van der Waals surface area (Å²) in [5.41, 5.74) is -0.815. The highest BCUT2D eigenvalue weighted by Gasteiger charge is 2.52. The summed E-state index contributed by atoms with van der Waals surface area (Å²) in [5, 5.41) is 2.83. The minimum Gasteiger partial charge on any atom is -0.383 e. The first-order valence-corrected chi connectivity index (χ1v) is 6.52. The van der Waals surface area contributed by atoms with Gasteiger partial charge in [0.05, 0.1) is 12.6 Å². The largest absolute Gasteiger partial charge is 0.383 e. The molecule has 2 unspecified atom stereocenters. The van der Waals surface area contributed by atoms with Crippen LogP contribution in [0.2, 0.25) is 0 Å². The molecule has 2 amide bonds. The van der Waals surface area contributed by atoms with E-state index in [-0.39, 0.29) is 23.9 Å². The lowest BCUT2D eigenvalue weighted by Gasteiger charge is -2.45. The molecule has 1 saturated carbocycles. The van der Waals surface area contributed by atoms with Crippen LogP contribution in [0.3, 0.4) is 0 Å². The van der Waals surface area contributed by atoms with Crippen molar-refractivity contribution in [3.63, 3.8) is 0 Å². The van der Waals surface area contributed by atoms with Gasteiger partial charge in [-0.25, -0.2) is 0 Å². The summed E-state index contributed by atoms with van der Waals surface area (Å²) in [7, 11) is 1.61. The van der Waals surface area contributed by atoms with Crippen LogP contribution in [0.1, 0.15) is 33.6 Å². The monoisotopic (exact) mass is 254 g/mol. The van der Waals surface area contributed by atoms with E-state index >= 15 is 0 Å². The van der Waals surface area contributed by atoms with Gasteiger partial charge in [0.2, 0.25) is 11.8 Å². The number of amides is 2. The second-order valence-corrected chi connectivity index (χ2v) is 5.91. The second kappa shape index (κ2) is 4.53. The molecular formula is C13H22N2O3. The summed E-state index contributed by atoms with van der Waals surface area (Å²) in [5.74, 6) is 0.290. The molecule has 2 atom stereocenters. The fourth-order valence-corrected chi connectivity index (χ4v) is 2.66. The molecule has 2 aliphatic rings. The molecule has 0 spiro atoms. The topological polar surface area (TPSA) is 58.6 Å². The van der Waals surface area contributed by atoms with Gasteiger partial charge in [0.1, 0.15) is 11.6 Å². The number of hydrogen-bond donors (Lipinski definition) is 1. The molecular weight excluding hydrogens is 232 g/mol. The highest BCUT2D eigenvalue weighted by molar-refractivity contribution is 5.99. The highest BCUT2D eigenvalue weighted by atomic mass is 16.5. The molecule has 5 heteroatoms. The maximum atomic E-state index is 12.5. The number of piperazine rings is 1. The van der Waals surface area contributed by atoms with Gasteiger partial charge in [0, 0.05) is 7.11 Å². The van der Waals surface area contributed by atoms with E-state index < -0.39 is 5.54 Å². The Kier molecular flexibility index (Phi) is 3.36. The molecule has 0 radical (unpaired) electrons. The first-order valence-electron chi connectivity index (χ1n) is 6.52. The molecule has 5 nitrogen and oxygen atoms in total. The fourth-order valence-electron chi connectivity index (χ4n) is 2.66. The maximum absolute atomic E-state index is 12.5. The lowest BCUT2D eigenvalue weighted by atomic mass is 9.93. The van der Waals surface area contributed by atoms with Gasteiger partial charge < -0.3 is 15.0 Å². The Morgan fingerprint density at radius 2 is 2.06 bits per heavy atom. The maximum Gasteiger partial charge on any atom is 0.248 e. The van der Waals surface area contributed by atoms with E-state index in [1.165, 1.54) is 0 Å². The molecule has 0 bridgehead atoms. The first kappa shape index (κ1) is 13.3. The lowest BCUT2D eigenvalue weighted by molar-refractivity contribution is -0.158. The molecule has 0 aromatic carbocycles. The van der Waals surface area contributed by atoms with Crippen molar-refractivity contribution in [2.45, 2.75) is 51.2 Å². The quantitative estimate of drug-likeness (QED) is 0.796. The average molecular weight is 254 g/mol. The predicted octanol–water partition coefficient (Wildman–Crippen LogP) is 0.537. The van der Waals surface area contributed by atoms with Crippen LogP contribution in [0, 0.1) is 5.92 Å². The van der Waals surface area contributed by atoms with Crippen LogP contribution in [0.5, 0.6) is 0 Å². The number of hydrogen-bond acceptors (Lipinski definition) is 3. The van der Waals surface area contributed by atoms with Crippen LogP contribution < -0.4 is 5.32 Å². The van der Waals surface area contributed by atoms with Crippen molar-refractivity contribution < 1.29 is 14.3 Å². The summed E-state index contributed by atoms with van der Waals surface area (Å²) in [4.78, 5) is 26.5. The number of ether oxygens (including phenoxy) is 1. The van der Waals surface area contributed by atoms with Gasteiger partial charge in [0.15, 0.2) is 0 Å². The smallest absolute Gasteiger partial charge is 0.248 e. The van der Waals surface area contributed by atoms with Gasteiger partial charge in [-0.2, -0.15) is 0 Å². The number of nitrogens with zero attached hydrogens (tertiary/aromatic N) is 1. The van der Waals surface area contributed by atoms with E-state index in [4.69, 9.17) is 4.74 Å². The van der Waals surface area contributed by atoms with E-state index in [0.717, 1.165) is 12.8 Å². The van der Waals surface area contributed by atoms with E-state index in [1.54, 1.807) is 25.9 Å². The van der Waals surface area contributed by atoms with Crippen molar-refractivity contribution in [3.8, 4) is 0 Å². The first-order chi connectivity index (χ1) is 8.38. The summed E-state index contributed by atoms with van der Waals surface area (Å²) in [6.45, 7) is 5.90. The van der Waals surface area contributed by atoms with Gasteiger partial charge in [-0.05, 0) is 39.5 Å². The molecule has 2 fully saturated rings. The zero-order valence-electron chi connectivity index (χ0n) is 11.5. The molecule has 1 N–H and O–H groups in total. The van der Waals surface area contributed by atoms with Crippen molar-refractivity contribution in [2.24, 2.45) is 5.92 Å². The molecule has 1 aliphatic carbocycles. The number of nitrogens with one attached hydrogen (secondary N) is 1. The van der Waals surface area contributed by atoms with Crippen molar-refractivity contribution in [1.29, 1.82) is 0 Å². The van der Waals surface area contributed by atoms with Crippen LogP contribution in [-0.4, -0.2) is 48.1 Å². The zero-order valence-corrected chi connectivity index (χ0v) is 11.5. The minimum absolute atomic E-state index is 0.0106. The molecule has 1 saturated heterocycles. The summed E-state index contributed by atoms with van der Waals surface area (Å²) >= 11 is 0. The van der Waals surface area contributed by atoms with Crippen LogP contribution in [0.4, 0.5) is 0 Å². The Bertz CT molecular complexity index is 363. The van der Waals surface area contributed by atoms with E-state index in [0.29, 0.717) is 12.5 Å². The van der Waals surface area contributed by atoms with E-state index in [2.05, 4.69) is 5.32 Å². The Balaban J connectivity index is 2.27. The second-order valence-electron chi connectivity index (χ2n) is 5.91. The molecule has 18 heavy (non-hydrogen) atoms. The molecule has 0 aromatic rings. The van der Waals surface area contributed by atoms with Gasteiger partial charge in [-0.15, -0.1) is 0 Å². The van der Waals surface area contributed by atoms with Crippen LogP contribution in [-0.2, 0) is 14.3 Å². The molecule has 1 heterocycles. The fraction of sp³-hybridized carbons (Fsp3) is 0.846. The highest BCUT2D eigenvalue weighted by Crippen LogP contribution is 2.38. The summed E-state index contributed by atoms with van der Waals surface area (Å²) in [6, 6.07) is -0.380. The summed E-state index contributed by atoms with van der Waals surface area (Å²) < 4.78 is 5.13. The van der Waals surface area contributed by atoms with E-state index in [9.17, 15) is 9.59 Å². The van der Waals surface area contributed by atoms with Crippen LogP contribution in [0.25, 0.3) is 0 Å². The zero-order chi connectivity index (χ0) is 13.5. The van der Waals surface area contributed by atoms with Crippen LogP contribution in [0.15, 0.2) is 0 Å². The van der Waals surface area contributed by atoms with E-state index in [1.807, 2.05) is 6.92 Å². The van der Waals surface area contributed by atoms with Gasteiger partial charge in [-0.1, -0.05) is 0 Å². The number of methoxy groups -OCH3 is 1. The van der Waals surface area contributed by atoms with Crippen LogP contribution >= 0.6 is 0 Å². The Hall–Kier alpha value is -1.10. The van der Waals surface area contributed by atoms with Gasteiger partial charge in [0.25, 0.3) is 0 Å². The standard InChI is InChI=1S/C13H22N2O3/c1-8(7-18-4)15-10(9-5-6-9)11(16)14-13(2,3)12(15)17/h8-10H,5-7H2,1-4H3,(H,14,16). The molecule has 2 rings (SSSR count). The summed E-state index contributed by atoms with van der Waals surface area (Å²) in [6.07, 6.45) is 2.06. The SMILES string of the molecule is COCC(C)N1C(=O)C(C)(C)NC(=O)C1C1CC1. The van der Waals surface area contributed by atoms with Crippen molar-refractivity contribution in [2.75, 3.05) is 13.7 Å². The molecule has 102 valence electrons. The van der Waals surface area contributed by atoms with Crippen molar-refractivity contribution in [3.05, 3.63) is 0 Å². The van der Waals surface area contributed by atoms with Crippen molar-refractivity contribution in [1.82, 2.24) is 10.2 Å². The Morgan fingerprint density at radius 3 is 2.56 bits per heavy atom. The number of carbonyl (C=O) groups excluding carboxylic acids is 2. The van der Waals surface area contributed by atoms with Crippen molar-refractivity contribution >= 4 is 11.8 Å². The predicted molar refractivity (Wildman–Crippen MR) is 66.9 cm³/mol. The average Bonchev–Trinajstić information content (AvgIpc) is 3.06. The Morgan fingerprint density at radius 1 is 1.44 bits per heavy atom.